The Morgan fingerprint density at radius 2 is 0.889 bits per heavy atom. The van der Waals surface area contributed by atoms with E-state index >= 15 is 0 Å². The second kappa shape index (κ2) is 20.2. The summed E-state index contributed by atoms with van der Waals surface area (Å²) in [4.78, 5) is 15.4. The van der Waals surface area contributed by atoms with E-state index in [1.165, 1.54) is 36.1 Å². The molecule has 2 aliphatic carbocycles. The van der Waals surface area contributed by atoms with Crippen LogP contribution in [0.15, 0.2) is 48.5 Å². The van der Waals surface area contributed by atoms with Gasteiger partial charge in [-0.05, 0) is 166 Å². The van der Waals surface area contributed by atoms with Gasteiger partial charge in [-0.3, -0.25) is 4.79 Å². The van der Waals surface area contributed by atoms with Crippen molar-refractivity contribution < 1.29 is 21.6 Å². The van der Waals surface area contributed by atoms with E-state index in [2.05, 4.69) is 55.1 Å². The molecule has 0 spiro atoms. The molecule has 0 aromatic heterocycles. The van der Waals surface area contributed by atoms with Gasteiger partial charge in [0.2, 0.25) is 5.91 Å². The van der Waals surface area contributed by atoms with Crippen LogP contribution < -0.4 is 9.80 Å². The van der Waals surface area contributed by atoms with Crippen LogP contribution in [-0.4, -0.2) is 63.9 Å². The minimum atomic E-state index is -3.02. The van der Waals surface area contributed by atoms with Gasteiger partial charge in [0.25, 0.3) is 0 Å². The van der Waals surface area contributed by atoms with Crippen molar-refractivity contribution >= 4 is 37.0 Å². The molecule has 306 valence electrons. The molecule has 0 unspecified atom stereocenters. The highest BCUT2D eigenvalue weighted by Crippen LogP contribution is 2.35. The van der Waals surface area contributed by atoms with Crippen molar-refractivity contribution in [3.63, 3.8) is 0 Å². The second-order valence-electron chi connectivity index (χ2n) is 18.2. The maximum Gasteiger partial charge on any atom is 0.223 e. The SMILES string of the molecule is CC(=O)N(C)c1ccc(CCC2CCC(CS(=O)(=O)C(C)(C)C)CC2)cc1.CCN(CC)c1ccc(CCC2CCC(CS(=O)(=O)C(C)(C)C)CC2)cc1. The van der Waals surface area contributed by atoms with Crippen molar-refractivity contribution in [2.45, 2.75) is 149 Å². The average Bonchev–Trinajstić information content (AvgIpc) is 3.11. The van der Waals surface area contributed by atoms with Crippen LogP contribution in [-0.2, 0) is 37.3 Å². The van der Waals surface area contributed by atoms with E-state index in [-0.39, 0.29) is 5.91 Å². The van der Waals surface area contributed by atoms with Gasteiger partial charge in [-0.15, -0.1) is 0 Å². The summed E-state index contributed by atoms with van der Waals surface area (Å²) >= 11 is 0. The van der Waals surface area contributed by atoms with Crippen molar-refractivity contribution in [3.05, 3.63) is 59.7 Å². The van der Waals surface area contributed by atoms with Gasteiger partial charge in [0.05, 0.1) is 21.0 Å². The molecule has 7 nitrogen and oxygen atoms in total. The molecule has 54 heavy (non-hydrogen) atoms. The molecule has 1 amide bonds. The number of amides is 1. The standard InChI is InChI=1S/C23H39NO2S.C22H35NO3S/c1-6-24(7-2)22-16-14-20(15-17-22)9-8-19-10-12-21(13-11-19)18-27(25,26)23(3,4)5;1-17(24)23(5)21-14-12-19(13-15-21)7-6-18-8-10-20(11-9-18)16-27(25,26)22(2,3)4/h14-17,19,21H,6-13,18H2,1-5H3;12-15,18,20H,6-11,16H2,1-5H3. The molecule has 0 heterocycles. The monoisotopic (exact) mass is 787 g/mol. The summed E-state index contributed by atoms with van der Waals surface area (Å²) in [5, 5.41) is 0. The first-order valence-corrected chi connectivity index (χ1v) is 24.1. The van der Waals surface area contributed by atoms with Crippen LogP contribution in [0.2, 0.25) is 0 Å². The molecule has 2 fully saturated rings. The van der Waals surface area contributed by atoms with Crippen molar-refractivity contribution in [2.24, 2.45) is 23.7 Å². The lowest BCUT2D eigenvalue weighted by Gasteiger charge is -2.30. The molecule has 9 heteroatoms. The zero-order chi connectivity index (χ0) is 40.3. The Labute approximate surface area is 330 Å². The van der Waals surface area contributed by atoms with Gasteiger partial charge in [-0.1, -0.05) is 49.9 Å². The van der Waals surface area contributed by atoms with Crippen molar-refractivity contribution in [2.75, 3.05) is 41.4 Å². The lowest BCUT2D eigenvalue weighted by molar-refractivity contribution is -0.116. The maximum absolute atomic E-state index is 12.4. The first-order valence-electron chi connectivity index (χ1n) is 20.8. The van der Waals surface area contributed by atoms with Gasteiger partial charge < -0.3 is 9.80 Å². The first kappa shape index (κ1) is 46.0. The van der Waals surface area contributed by atoms with Crippen LogP contribution in [0.5, 0.6) is 0 Å². The minimum absolute atomic E-state index is 0.0352. The minimum Gasteiger partial charge on any atom is -0.372 e. The largest absolute Gasteiger partial charge is 0.372 e. The van der Waals surface area contributed by atoms with Crippen LogP contribution in [0.3, 0.4) is 0 Å². The number of carbonyl (C=O) groups excluding carboxylic acids is 1. The first-order chi connectivity index (χ1) is 25.2. The quantitative estimate of drug-likeness (QED) is 0.189. The molecular weight excluding hydrogens is 713 g/mol. The number of nitrogens with zero attached hydrogens (tertiary/aromatic N) is 2. The van der Waals surface area contributed by atoms with Gasteiger partial charge in [0.15, 0.2) is 19.7 Å². The molecule has 2 saturated carbocycles. The number of hydrogen-bond donors (Lipinski definition) is 0. The fraction of sp³-hybridized carbons (Fsp3) is 0.711. The zero-order valence-electron chi connectivity index (χ0n) is 35.5. The molecule has 2 aromatic rings. The Kier molecular flexibility index (Phi) is 17.2. The van der Waals surface area contributed by atoms with E-state index in [1.807, 2.05) is 32.9 Å². The van der Waals surface area contributed by atoms with Crippen molar-refractivity contribution in [1.29, 1.82) is 0 Å². The van der Waals surface area contributed by atoms with E-state index in [1.54, 1.807) is 39.6 Å². The molecule has 2 aromatic carbocycles. The Balaban J connectivity index is 0.000000290. The summed E-state index contributed by atoms with van der Waals surface area (Å²) in [6, 6.07) is 17.3. The predicted molar refractivity (Wildman–Crippen MR) is 230 cm³/mol. The number of aryl methyl sites for hydroxylation is 2. The van der Waals surface area contributed by atoms with Crippen LogP contribution in [0.1, 0.15) is 138 Å². The molecule has 0 atom stereocenters. The smallest absolute Gasteiger partial charge is 0.223 e. The highest BCUT2D eigenvalue weighted by molar-refractivity contribution is 7.93. The molecule has 4 rings (SSSR count). The number of benzene rings is 2. The summed E-state index contributed by atoms with van der Waals surface area (Å²) in [5.74, 6) is 2.88. The number of sulfone groups is 2. The highest BCUT2D eigenvalue weighted by atomic mass is 32.2. The van der Waals surface area contributed by atoms with Gasteiger partial charge in [0, 0.05) is 38.4 Å². The molecule has 0 N–H and O–H groups in total. The number of hydrogen-bond acceptors (Lipinski definition) is 6. The van der Waals surface area contributed by atoms with E-state index in [0.29, 0.717) is 29.3 Å². The molecule has 0 aliphatic heterocycles. The van der Waals surface area contributed by atoms with Crippen LogP contribution in [0.4, 0.5) is 11.4 Å². The normalized spacial score (nSPS) is 21.1. The van der Waals surface area contributed by atoms with E-state index in [4.69, 9.17) is 0 Å². The third-order valence-corrected chi connectivity index (χ3v) is 17.8. The fourth-order valence-corrected chi connectivity index (χ4v) is 10.7. The number of rotatable bonds is 14. The van der Waals surface area contributed by atoms with E-state index in [0.717, 1.165) is 82.5 Å². The molecule has 0 radical (unpaired) electrons. The molecular formula is C45H74N2O5S2. The van der Waals surface area contributed by atoms with Gasteiger partial charge in [-0.25, -0.2) is 16.8 Å². The van der Waals surface area contributed by atoms with Crippen molar-refractivity contribution in [3.8, 4) is 0 Å². The topological polar surface area (TPSA) is 91.8 Å². The Morgan fingerprint density at radius 1 is 0.574 bits per heavy atom. The lowest BCUT2D eigenvalue weighted by atomic mass is 9.80. The molecule has 0 saturated heterocycles. The van der Waals surface area contributed by atoms with Gasteiger partial charge in [-0.2, -0.15) is 0 Å². The third-order valence-electron chi connectivity index (χ3n) is 12.3. The van der Waals surface area contributed by atoms with Crippen LogP contribution in [0.25, 0.3) is 0 Å². The Bertz CT molecular complexity index is 1640. The van der Waals surface area contributed by atoms with E-state index < -0.39 is 29.2 Å². The van der Waals surface area contributed by atoms with Crippen molar-refractivity contribution in [1.82, 2.24) is 0 Å². The fourth-order valence-electron chi connectivity index (χ4n) is 7.77. The average molecular weight is 787 g/mol. The molecule has 0 bridgehead atoms. The Morgan fingerprint density at radius 3 is 1.19 bits per heavy atom. The number of anilines is 2. The Hall–Kier alpha value is -2.39. The highest BCUT2D eigenvalue weighted by Gasteiger charge is 2.34. The molecule has 2 aliphatic rings. The third kappa shape index (κ3) is 14.0. The second-order valence-corrected chi connectivity index (χ2v) is 23.8. The summed E-state index contributed by atoms with van der Waals surface area (Å²) < 4.78 is 48.4. The number of carbonyl (C=O) groups is 1. The summed E-state index contributed by atoms with van der Waals surface area (Å²) in [7, 11) is -4.22. The van der Waals surface area contributed by atoms with Crippen LogP contribution in [0, 0.1) is 23.7 Å². The van der Waals surface area contributed by atoms with E-state index in [9.17, 15) is 21.6 Å². The maximum atomic E-state index is 12.4. The van der Waals surface area contributed by atoms with Gasteiger partial charge in [0.1, 0.15) is 0 Å². The zero-order valence-corrected chi connectivity index (χ0v) is 37.1. The van der Waals surface area contributed by atoms with Crippen LogP contribution >= 0.6 is 0 Å². The summed E-state index contributed by atoms with van der Waals surface area (Å²) in [6.07, 6.45) is 13.4. The van der Waals surface area contributed by atoms with Gasteiger partial charge >= 0.3 is 0 Å². The summed E-state index contributed by atoms with van der Waals surface area (Å²) in [5.41, 5.74) is 4.95. The summed E-state index contributed by atoms with van der Waals surface area (Å²) in [6.45, 7) is 18.9. The predicted octanol–water partition coefficient (Wildman–Crippen LogP) is 10.1. The lowest BCUT2D eigenvalue weighted by Crippen LogP contribution is -2.34.